The van der Waals surface area contributed by atoms with E-state index in [2.05, 4.69) is 5.10 Å². The number of pyridine rings is 1. The minimum absolute atomic E-state index is 0.0111. The smallest absolute Gasteiger partial charge is 0.329 e. The molecule has 3 aliphatic rings. The molecule has 2 aromatic carbocycles. The van der Waals surface area contributed by atoms with Crippen molar-refractivity contribution >= 4 is 32.1 Å². The first-order valence-corrected chi connectivity index (χ1v) is 16.8. The molecule has 1 unspecified atom stereocenters. The molecule has 14 heteroatoms. The third-order valence-electron chi connectivity index (χ3n) is 9.23. The summed E-state index contributed by atoms with van der Waals surface area (Å²) >= 11 is 0. The van der Waals surface area contributed by atoms with Gasteiger partial charge in [-0.15, -0.1) is 5.10 Å². The van der Waals surface area contributed by atoms with Crippen molar-refractivity contribution < 1.29 is 22.3 Å². The predicted molar refractivity (Wildman–Crippen MR) is 173 cm³/mol. The van der Waals surface area contributed by atoms with Crippen molar-refractivity contribution in [3.63, 3.8) is 0 Å². The molecule has 1 fully saturated rings. The fourth-order valence-electron chi connectivity index (χ4n) is 7.09. The summed E-state index contributed by atoms with van der Waals surface area (Å²) in [6.45, 7) is 2.20. The molecule has 4 atom stereocenters. The van der Waals surface area contributed by atoms with Crippen LogP contribution in [-0.2, 0) is 28.9 Å². The summed E-state index contributed by atoms with van der Waals surface area (Å²) in [5.74, 6) is -0.285. The van der Waals surface area contributed by atoms with E-state index < -0.39 is 16.0 Å². The van der Waals surface area contributed by atoms with Crippen LogP contribution in [0.3, 0.4) is 0 Å². The normalized spacial score (nSPS) is 21.4. The number of nitrogens with zero attached hydrogens (tertiary/aromatic N) is 6. The van der Waals surface area contributed by atoms with Gasteiger partial charge in [0.1, 0.15) is 11.9 Å². The molecule has 2 aliphatic heterocycles. The highest BCUT2D eigenvalue weighted by molar-refractivity contribution is 7.90. The summed E-state index contributed by atoms with van der Waals surface area (Å²) in [6.07, 6.45) is 3.23. The predicted octanol–water partition coefficient (Wildman–Crippen LogP) is 3.96. The van der Waals surface area contributed by atoms with E-state index in [-0.39, 0.29) is 51.8 Å². The summed E-state index contributed by atoms with van der Waals surface area (Å²) in [5, 5.41) is 4.32. The van der Waals surface area contributed by atoms with Gasteiger partial charge in [0.2, 0.25) is 5.95 Å². The van der Waals surface area contributed by atoms with Gasteiger partial charge in [-0.2, -0.15) is 4.39 Å². The second-order valence-corrected chi connectivity index (χ2v) is 14.1. The van der Waals surface area contributed by atoms with Crippen LogP contribution in [0.15, 0.2) is 76.7 Å². The number of rotatable bonds is 3. The molecule has 0 spiro atoms. The van der Waals surface area contributed by atoms with Gasteiger partial charge in [0.25, 0.3) is 10.0 Å². The van der Waals surface area contributed by atoms with Crippen LogP contribution in [0.4, 0.5) is 4.39 Å². The molecule has 242 valence electrons. The van der Waals surface area contributed by atoms with Crippen LogP contribution in [0.2, 0.25) is 0 Å². The average Bonchev–Trinajstić information content (AvgIpc) is 3.77. The van der Waals surface area contributed by atoms with Gasteiger partial charge in [0.15, 0.2) is 5.65 Å². The van der Waals surface area contributed by atoms with Gasteiger partial charge in [-0.3, -0.25) is 13.8 Å². The number of halogens is 1. The van der Waals surface area contributed by atoms with Gasteiger partial charge < -0.3 is 15.2 Å². The van der Waals surface area contributed by atoms with Crippen molar-refractivity contribution in [2.75, 3.05) is 6.61 Å². The van der Waals surface area contributed by atoms with E-state index in [1.165, 1.54) is 33.8 Å². The molecule has 9 rings (SSSR count). The number of aryl methyl sites for hydroxylation is 2. The fourth-order valence-corrected chi connectivity index (χ4v) is 8.60. The monoisotopic (exact) mass is 657 g/mol. The SMILES string of the molecule is CC1CO[C@@H]2C[C@H](C[C@@H]2N)n2c(=O)n(C)c3cnc4c(c(c(-c5cn(C)nc5F)n4S(=O)(=O)c4ccccc4)-c4ccc(cc4)O1)c32. The Morgan fingerprint density at radius 1 is 1.04 bits per heavy atom. The van der Waals surface area contributed by atoms with Crippen molar-refractivity contribution in [1.29, 1.82) is 0 Å². The molecule has 6 aromatic rings. The topological polar surface area (TPSA) is 141 Å². The Labute approximate surface area is 268 Å². The molecule has 0 amide bonds. The molecule has 2 N–H and O–H groups in total. The van der Waals surface area contributed by atoms with Crippen molar-refractivity contribution in [1.82, 2.24) is 27.9 Å². The van der Waals surface area contributed by atoms with Crippen molar-refractivity contribution in [3.05, 3.63) is 83.4 Å². The number of fused-ring (bicyclic) bond motifs is 5. The molecule has 6 heterocycles. The second kappa shape index (κ2) is 10.6. The van der Waals surface area contributed by atoms with E-state index in [0.29, 0.717) is 52.7 Å². The molecule has 47 heavy (non-hydrogen) atoms. The maximum Gasteiger partial charge on any atom is 0.329 e. The Balaban J connectivity index is 1.59. The Morgan fingerprint density at radius 2 is 1.79 bits per heavy atom. The lowest BCUT2D eigenvalue weighted by Crippen LogP contribution is -2.34. The first-order chi connectivity index (χ1) is 22.5. The molecular formula is C33H32FN7O5S. The number of hydrogen-bond acceptors (Lipinski definition) is 8. The number of hydrogen-bond donors (Lipinski definition) is 1. The summed E-state index contributed by atoms with van der Waals surface area (Å²) < 4.78 is 63.1. The van der Waals surface area contributed by atoms with Crippen molar-refractivity contribution in [2.24, 2.45) is 19.8 Å². The van der Waals surface area contributed by atoms with Crippen LogP contribution in [-0.4, -0.2) is 61.1 Å². The van der Waals surface area contributed by atoms with E-state index >= 15 is 4.39 Å². The Bertz CT molecular complexity index is 2360. The largest absolute Gasteiger partial charge is 0.488 e. The van der Waals surface area contributed by atoms with Gasteiger partial charge in [-0.1, -0.05) is 30.3 Å². The third-order valence-corrected chi connectivity index (χ3v) is 10.9. The average molecular weight is 658 g/mol. The second-order valence-electron chi connectivity index (χ2n) is 12.3. The zero-order valence-corrected chi connectivity index (χ0v) is 26.7. The molecule has 0 radical (unpaired) electrons. The highest BCUT2D eigenvalue weighted by atomic mass is 32.2. The number of benzene rings is 2. The lowest BCUT2D eigenvalue weighted by Gasteiger charge is -2.20. The Hall–Kier alpha value is -4.79. The summed E-state index contributed by atoms with van der Waals surface area (Å²) in [7, 11) is -1.17. The Kier molecular flexibility index (Phi) is 6.69. The van der Waals surface area contributed by atoms with Crippen LogP contribution in [0.1, 0.15) is 25.8 Å². The highest BCUT2D eigenvalue weighted by Crippen LogP contribution is 2.46. The standard InChI is InChI=1S/C33H32FN7O5S/c1-18-17-45-26-14-20(13-24(26)35)40-30-25(39(3)33(40)42)15-36-32-28(30)27(19-9-11-21(46-18)12-10-19)29(23-16-38(2)37-31(23)34)41(32)47(43,44)22-7-5-4-6-8-22/h4-12,15-16,18,20,24,26H,13-14,17,35H2,1-3H3/t18?,20-,24-,26+/m0/s1. The first kappa shape index (κ1) is 29.6. The van der Waals surface area contributed by atoms with E-state index in [1.807, 2.05) is 6.92 Å². The third kappa shape index (κ3) is 4.46. The molecule has 4 bridgehead atoms. The molecular weight excluding hydrogens is 625 g/mol. The zero-order chi connectivity index (χ0) is 32.8. The molecule has 0 saturated heterocycles. The van der Waals surface area contributed by atoms with Crippen molar-refractivity contribution in [3.8, 4) is 28.1 Å². The summed E-state index contributed by atoms with van der Waals surface area (Å²) in [4.78, 5) is 18.8. The highest BCUT2D eigenvalue weighted by Gasteiger charge is 2.39. The summed E-state index contributed by atoms with van der Waals surface area (Å²) in [6, 6.07) is 14.3. The van der Waals surface area contributed by atoms with Gasteiger partial charge in [0, 0.05) is 37.9 Å². The molecule has 12 nitrogen and oxygen atoms in total. The minimum atomic E-state index is -4.38. The van der Waals surface area contributed by atoms with E-state index in [1.54, 1.807) is 61.1 Å². The Morgan fingerprint density at radius 3 is 2.49 bits per heavy atom. The number of aromatic nitrogens is 6. The maximum atomic E-state index is 15.8. The van der Waals surface area contributed by atoms with Crippen LogP contribution in [0, 0.1) is 5.95 Å². The quantitative estimate of drug-likeness (QED) is 0.302. The number of ether oxygens (including phenoxy) is 2. The van der Waals surface area contributed by atoms with E-state index in [9.17, 15) is 13.2 Å². The molecule has 1 saturated carbocycles. The van der Waals surface area contributed by atoms with Gasteiger partial charge in [-0.05, 0) is 49.6 Å². The van der Waals surface area contributed by atoms with Crippen molar-refractivity contribution in [2.45, 2.75) is 49.0 Å². The van der Waals surface area contributed by atoms with Gasteiger partial charge in [-0.25, -0.2) is 22.2 Å². The fraction of sp³-hybridized carbons (Fsp3) is 0.303. The van der Waals surface area contributed by atoms with Crippen LogP contribution < -0.4 is 16.2 Å². The van der Waals surface area contributed by atoms with Gasteiger partial charge in [0.05, 0.1) is 51.5 Å². The van der Waals surface area contributed by atoms with Crippen LogP contribution >= 0.6 is 0 Å². The first-order valence-electron chi connectivity index (χ1n) is 15.3. The zero-order valence-electron chi connectivity index (χ0n) is 25.9. The van der Waals surface area contributed by atoms with Crippen LogP contribution in [0.25, 0.3) is 44.5 Å². The molecule has 1 aliphatic carbocycles. The van der Waals surface area contributed by atoms with Gasteiger partial charge >= 0.3 is 5.69 Å². The molecule has 4 aromatic heterocycles. The lowest BCUT2D eigenvalue weighted by atomic mass is 9.99. The van der Waals surface area contributed by atoms with E-state index in [4.69, 9.17) is 20.2 Å². The number of nitrogens with two attached hydrogens (primary N) is 1. The maximum absolute atomic E-state index is 15.8. The van der Waals surface area contributed by atoms with E-state index in [0.717, 1.165) is 3.97 Å². The number of imidazole rings is 1. The minimum Gasteiger partial charge on any atom is -0.488 e. The van der Waals surface area contributed by atoms with Crippen LogP contribution in [0.5, 0.6) is 5.75 Å². The summed E-state index contributed by atoms with van der Waals surface area (Å²) in [5.41, 5.74) is 8.24. The lowest BCUT2D eigenvalue weighted by molar-refractivity contribution is 0.00127.